The van der Waals surface area contributed by atoms with E-state index in [-0.39, 0.29) is 0 Å². The summed E-state index contributed by atoms with van der Waals surface area (Å²) in [4.78, 5) is 24.5. The largest absolute Gasteiger partial charge is 0.436 e. The van der Waals surface area contributed by atoms with Crippen molar-refractivity contribution in [3.05, 3.63) is 127 Å². The van der Waals surface area contributed by atoms with E-state index in [0.29, 0.717) is 51.5 Å². The molecular weight excluding hydrogens is 522 g/mol. The quantitative estimate of drug-likeness (QED) is 0.215. The van der Waals surface area contributed by atoms with Crippen LogP contribution in [0.5, 0.6) is 0 Å². The van der Waals surface area contributed by atoms with Crippen LogP contribution in [0.25, 0.3) is 79.3 Å². The Hall–Kier alpha value is -5.95. The third kappa shape index (κ3) is 4.20. The molecule has 8 rings (SSSR count). The van der Waals surface area contributed by atoms with Crippen molar-refractivity contribution in [1.29, 1.82) is 0 Å². The number of hydrogen-bond acceptors (Lipinski definition) is 7. The van der Waals surface area contributed by atoms with Gasteiger partial charge >= 0.3 is 0 Å². The zero-order chi connectivity index (χ0) is 27.9. The second-order valence-corrected chi connectivity index (χ2v) is 9.75. The van der Waals surface area contributed by atoms with E-state index in [1.807, 2.05) is 127 Å². The molecule has 3 heterocycles. The van der Waals surface area contributed by atoms with Crippen molar-refractivity contribution in [2.24, 2.45) is 0 Å². The van der Waals surface area contributed by atoms with E-state index in [0.717, 1.165) is 27.8 Å². The topological polar surface area (TPSA) is 90.7 Å². The maximum Gasteiger partial charge on any atom is 0.227 e. The first kappa shape index (κ1) is 23.9. The molecule has 0 radical (unpaired) electrons. The molecule has 0 saturated heterocycles. The van der Waals surface area contributed by atoms with Crippen molar-refractivity contribution >= 4 is 22.2 Å². The molecule has 0 aliphatic rings. The number of oxazole rings is 2. The molecule has 0 N–H and O–H groups in total. The van der Waals surface area contributed by atoms with Gasteiger partial charge in [0.15, 0.2) is 28.6 Å². The van der Waals surface area contributed by atoms with E-state index in [1.54, 1.807) is 0 Å². The van der Waals surface area contributed by atoms with Crippen molar-refractivity contribution in [2.45, 2.75) is 0 Å². The van der Waals surface area contributed by atoms with Crippen molar-refractivity contribution in [3.63, 3.8) is 0 Å². The molecule has 0 fully saturated rings. The standard InChI is InChI=1S/C35H21N5O2/c1-4-12-22(13-5-1)31-38-32(25-18-10-20-27-29(25)36-34(41-27)23-14-6-2-7-15-23)40-33(39-31)26-19-11-21-28-30(26)37-35(42-28)24-16-8-3-9-17-24/h1-21H. The van der Waals surface area contributed by atoms with Crippen LogP contribution in [-0.4, -0.2) is 24.9 Å². The van der Waals surface area contributed by atoms with E-state index >= 15 is 0 Å². The molecule has 3 aromatic heterocycles. The molecule has 0 atom stereocenters. The lowest BCUT2D eigenvalue weighted by Gasteiger charge is -2.08. The number of benzene rings is 5. The summed E-state index contributed by atoms with van der Waals surface area (Å²) in [5.74, 6) is 2.60. The molecule has 7 heteroatoms. The van der Waals surface area contributed by atoms with Crippen LogP contribution in [-0.2, 0) is 0 Å². The van der Waals surface area contributed by atoms with Gasteiger partial charge in [-0.2, -0.15) is 0 Å². The number of nitrogens with zero attached hydrogens (tertiary/aromatic N) is 5. The van der Waals surface area contributed by atoms with E-state index in [9.17, 15) is 0 Å². The van der Waals surface area contributed by atoms with Crippen LogP contribution in [0.15, 0.2) is 136 Å². The van der Waals surface area contributed by atoms with Crippen LogP contribution >= 0.6 is 0 Å². The monoisotopic (exact) mass is 543 g/mol. The molecule has 0 spiro atoms. The summed E-state index contributed by atoms with van der Waals surface area (Å²) in [6.45, 7) is 0. The first-order valence-corrected chi connectivity index (χ1v) is 13.5. The summed E-state index contributed by atoms with van der Waals surface area (Å²) in [6, 6.07) is 41.1. The zero-order valence-corrected chi connectivity index (χ0v) is 22.2. The summed E-state index contributed by atoms with van der Waals surface area (Å²) in [5.41, 5.74) is 6.82. The van der Waals surface area contributed by atoms with Crippen molar-refractivity contribution in [1.82, 2.24) is 24.9 Å². The van der Waals surface area contributed by atoms with Gasteiger partial charge in [0.05, 0.1) is 0 Å². The Morgan fingerprint density at radius 1 is 0.333 bits per heavy atom. The summed E-state index contributed by atoms with van der Waals surface area (Å²) < 4.78 is 12.3. The van der Waals surface area contributed by atoms with Crippen LogP contribution in [0, 0.1) is 0 Å². The van der Waals surface area contributed by atoms with Gasteiger partial charge in [0.25, 0.3) is 0 Å². The minimum absolute atomic E-state index is 0.487. The maximum absolute atomic E-state index is 6.14. The summed E-state index contributed by atoms with van der Waals surface area (Å²) >= 11 is 0. The summed E-state index contributed by atoms with van der Waals surface area (Å²) in [7, 11) is 0. The van der Waals surface area contributed by atoms with Crippen LogP contribution < -0.4 is 0 Å². The van der Waals surface area contributed by atoms with E-state index in [2.05, 4.69) is 0 Å². The third-order valence-electron chi connectivity index (χ3n) is 7.03. The zero-order valence-electron chi connectivity index (χ0n) is 22.2. The van der Waals surface area contributed by atoms with Crippen LogP contribution in [0.4, 0.5) is 0 Å². The number of hydrogen-bond donors (Lipinski definition) is 0. The van der Waals surface area contributed by atoms with Gasteiger partial charge in [0.1, 0.15) is 11.0 Å². The predicted octanol–water partition coefficient (Wildman–Crippen LogP) is 8.49. The second-order valence-electron chi connectivity index (χ2n) is 9.75. The van der Waals surface area contributed by atoms with Crippen molar-refractivity contribution < 1.29 is 8.83 Å². The highest BCUT2D eigenvalue weighted by Gasteiger charge is 2.20. The second kappa shape index (κ2) is 9.91. The van der Waals surface area contributed by atoms with Gasteiger partial charge in [-0.25, -0.2) is 24.9 Å². The highest BCUT2D eigenvalue weighted by molar-refractivity contribution is 5.93. The average Bonchev–Trinajstić information content (AvgIpc) is 3.71. The molecular formula is C35H21N5O2. The predicted molar refractivity (Wildman–Crippen MR) is 162 cm³/mol. The Bertz CT molecular complexity index is 2050. The minimum atomic E-state index is 0.487. The van der Waals surface area contributed by atoms with Crippen molar-refractivity contribution in [2.75, 3.05) is 0 Å². The van der Waals surface area contributed by atoms with Crippen LogP contribution in [0.3, 0.4) is 0 Å². The fraction of sp³-hybridized carbons (Fsp3) is 0. The first-order valence-electron chi connectivity index (χ1n) is 13.5. The third-order valence-corrected chi connectivity index (χ3v) is 7.03. The lowest BCUT2D eigenvalue weighted by Crippen LogP contribution is -2.01. The van der Waals surface area contributed by atoms with E-state index < -0.39 is 0 Å². The van der Waals surface area contributed by atoms with Crippen LogP contribution in [0.1, 0.15) is 0 Å². The highest BCUT2D eigenvalue weighted by atomic mass is 16.4. The number of fused-ring (bicyclic) bond motifs is 2. The highest BCUT2D eigenvalue weighted by Crippen LogP contribution is 2.34. The Balaban J connectivity index is 1.34. The number of aromatic nitrogens is 5. The molecule has 7 nitrogen and oxygen atoms in total. The maximum atomic E-state index is 6.14. The Labute approximate surface area is 240 Å². The number of para-hydroxylation sites is 2. The molecule has 0 unspecified atom stereocenters. The van der Waals surface area contributed by atoms with Gasteiger partial charge < -0.3 is 8.83 Å². The molecule has 5 aromatic carbocycles. The Kier molecular flexibility index (Phi) is 5.64. The summed E-state index contributed by atoms with van der Waals surface area (Å²) in [5, 5.41) is 0. The average molecular weight is 544 g/mol. The molecule has 0 aliphatic carbocycles. The number of rotatable bonds is 5. The van der Waals surface area contributed by atoms with Crippen molar-refractivity contribution in [3.8, 4) is 57.1 Å². The molecule has 8 aromatic rings. The fourth-order valence-electron chi connectivity index (χ4n) is 5.00. The lowest BCUT2D eigenvalue weighted by atomic mass is 10.1. The van der Waals surface area contributed by atoms with E-state index in [1.165, 1.54) is 0 Å². The molecule has 0 amide bonds. The summed E-state index contributed by atoms with van der Waals surface area (Å²) in [6.07, 6.45) is 0. The Morgan fingerprint density at radius 3 is 1.19 bits per heavy atom. The minimum Gasteiger partial charge on any atom is -0.436 e. The van der Waals surface area contributed by atoms with Gasteiger partial charge in [0, 0.05) is 27.8 Å². The van der Waals surface area contributed by atoms with E-state index in [4.69, 9.17) is 33.8 Å². The van der Waals surface area contributed by atoms with Gasteiger partial charge in [-0.15, -0.1) is 0 Å². The van der Waals surface area contributed by atoms with Gasteiger partial charge in [-0.3, -0.25) is 0 Å². The van der Waals surface area contributed by atoms with Crippen LogP contribution in [0.2, 0.25) is 0 Å². The molecule has 0 bridgehead atoms. The normalized spacial score (nSPS) is 11.3. The van der Waals surface area contributed by atoms with Gasteiger partial charge in [0.2, 0.25) is 11.8 Å². The SMILES string of the molecule is c1ccc(-c2nc(-c3cccc4oc(-c5ccccc5)nc34)nc(-c3cccc4oc(-c5ccccc5)nc34)n2)cc1. The smallest absolute Gasteiger partial charge is 0.227 e. The van der Waals surface area contributed by atoms with Gasteiger partial charge in [-0.05, 0) is 48.5 Å². The Morgan fingerprint density at radius 2 is 0.738 bits per heavy atom. The molecule has 198 valence electrons. The first-order chi connectivity index (χ1) is 20.8. The molecule has 0 aliphatic heterocycles. The van der Waals surface area contributed by atoms with Gasteiger partial charge in [-0.1, -0.05) is 78.9 Å². The lowest BCUT2D eigenvalue weighted by molar-refractivity contribution is 0.619. The fourth-order valence-corrected chi connectivity index (χ4v) is 5.00. The molecule has 0 saturated carbocycles. The molecule has 42 heavy (non-hydrogen) atoms.